The maximum Gasteiger partial charge on any atom is 0.252 e. The number of benzene rings is 1. The molecule has 0 bridgehead atoms. The van der Waals surface area contributed by atoms with E-state index in [2.05, 4.69) is 6.07 Å². The summed E-state index contributed by atoms with van der Waals surface area (Å²) >= 11 is 0. The fraction of sp³-hybridized carbons (Fsp3) is 0.333. The van der Waals surface area contributed by atoms with Crippen LogP contribution in [0, 0.1) is 11.3 Å². The minimum atomic E-state index is -0.162. The van der Waals surface area contributed by atoms with Crippen LogP contribution >= 0.6 is 0 Å². The third-order valence-corrected chi connectivity index (χ3v) is 2.19. The monoisotopic (exact) mass is 218 g/mol. The van der Waals surface area contributed by atoms with E-state index in [4.69, 9.17) is 10.00 Å². The molecule has 0 aliphatic rings. The molecule has 1 aromatic carbocycles. The van der Waals surface area contributed by atoms with Gasteiger partial charge in [-0.25, -0.2) is 0 Å². The predicted octanol–water partition coefficient (Wildman–Crippen LogP) is 1.56. The highest BCUT2D eigenvalue weighted by molar-refractivity contribution is 5.94. The Balaban J connectivity index is 2.84. The number of nitriles is 1. The number of amides is 1. The second kappa shape index (κ2) is 5.89. The molecule has 0 unspecified atom stereocenters. The van der Waals surface area contributed by atoms with Gasteiger partial charge in [0.1, 0.15) is 12.7 Å². The summed E-state index contributed by atoms with van der Waals surface area (Å²) in [5.41, 5.74) is 1.09. The summed E-state index contributed by atoms with van der Waals surface area (Å²) in [5, 5.41) is 8.91. The Morgan fingerprint density at radius 2 is 2.19 bits per heavy atom. The highest BCUT2D eigenvalue weighted by atomic mass is 16.5. The third kappa shape index (κ3) is 2.81. The van der Waals surface area contributed by atoms with Crippen molar-refractivity contribution in [2.75, 3.05) is 25.2 Å². The fourth-order valence-corrected chi connectivity index (χ4v) is 1.28. The van der Waals surface area contributed by atoms with E-state index in [1.165, 1.54) is 4.90 Å². The lowest BCUT2D eigenvalue weighted by Gasteiger charge is -2.18. The number of nitrogens with zero attached hydrogens (tertiary/aromatic N) is 2. The van der Waals surface area contributed by atoms with Crippen molar-refractivity contribution in [1.29, 1.82) is 5.26 Å². The molecular weight excluding hydrogens is 204 g/mol. The fourth-order valence-electron chi connectivity index (χ4n) is 1.28. The molecule has 0 N–H and O–H groups in total. The van der Waals surface area contributed by atoms with Crippen LogP contribution in [0.1, 0.15) is 12.5 Å². The van der Waals surface area contributed by atoms with Crippen LogP contribution in [0.4, 0.5) is 5.69 Å². The molecule has 84 valence electrons. The van der Waals surface area contributed by atoms with Gasteiger partial charge in [0.25, 0.3) is 5.91 Å². The van der Waals surface area contributed by atoms with Crippen molar-refractivity contribution in [3.63, 3.8) is 0 Å². The Labute approximate surface area is 95.0 Å². The van der Waals surface area contributed by atoms with Crippen LogP contribution in [0.3, 0.4) is 0 Å². The van der Waals surface area contributed by atoms with Crippen LogP contribution < -0.4 is 4.90 Å². The first-order valence-electron chi connectivity index (χ1n) is 5.04. The van der Waals surface area contributed by atoms with Gasteiger partial charge in [-0.2, -0.15) is 5.26 Å². The third-order valence-electron chi connectivity index (χ3n) is 2.19. The molecule has 0 radical (unpaired) electrons. The highest BCUT2D eigenvalue weighted by Gasteiger charge is 2.13. The average molecular weight is 218 g/mol. The molecule has 0 heterocycles. The van der Waals surface area contributed by atoms with Crippen molar-refractivity contribution in [2.45, 2.75) is 6.92 Å². The van der Waals surface area contributed by atoms with Gasteiger partial charge in [-0.05, 0) is 19.1 Å². The number of rotatable bonds is 4. The number of ether oxygens (including phenoxy) is 1. The Morgan fingerprint density at radius 3 is 2.81 bits per heavy atom. The van der Waals surface area contributed by atoms with Crippen LogP contribution in [0.5, 0.6) is 0 Å². The molecule has 0 aromatic heterocycles. The Bertz CT molecular complexity index is 410. The standard InChI is InChI=1S/C12H14N2O2/c1-3-16-9-12(15)14(2)11-7-5-4-6-10(11)8-13/h4-7H,3,9H2,1-2H3. The van der Waals surface area contributed by atoms with E-state index in [1.807, 2.05) is 6.92 Å². The number of carbonyl (C=O) groups excluding carboxylic acids is 1. The maximum absolute atomic E-state index is 11.7. The lowest BCUT2D eigenvalue weighted by molar-refractivity contribution is -0.122. The molecule has 1 rings (SSSR count). The van der Waals surface area contributed by atoms with Crippen molar-refractivity contribution in [1.82, 2.24) is 0 Å². The summed E-state index contributed by atoms with van der Waals surface area (Å²) in [5.74, 6) is -0.162. The van der Waals surface area contributed by atoms with Gasteiger partial charge >= 0.3 is 0 Å². The maximum atomic E-state index is 11.7. The van der Waals surface area contributed by atoms with Crippen LogP contribution in [0.25, 0.3) is 0 Å². The largest absolute Gasteiger partial charge is 0.372 e. The number of likely N-dealkylation sites (N-methyl/N-ethyl adjacent to an activating group) is 1. The van der Waals surface area contributed by atoms with Gasteiger partial charge in [0.15, 0.2) is 0 Å². The minimum absolute atomic E-state index is 0.0345. The second-order valence-corrected chi connectivity index (χ2v) is 3.22. The second-order valence-electron chi connectivity index (χ2n) is 3.22. The zero-order valence-corrected chi connectivity index (χ0v) is 9.43. The van der Waals surface area contributed by atoms with E-state index in [9.17, 15) is 4.79 Å². The van der Waals surface area contributed by atoms with E-state index in [0.29, 0.717) is 17.9 Å². The van der Waals surface area contributed by atoms with Crippen molar-refractivity contribution >= 4 is 11.6 Å². The van der Waals surface area contributed by atoms with Crippen LogP contribution in [0.2, 0.25) is 0 Å². The molecule has 0 saturated carbocycles. The quantitative estimate of drug-likeness (QED) is 0.770. The Kier molecular flexibility index (Phi) is 4.49. The minimum Gasteiger partial charge on any atom is -0.372 e. The van der Waals surface area contributed by atoms with Crippen LogP contribution in [-0.4, -0.2) is 26.2 Å². The zero-order valence-electron chi connectivity index (χ0n) is 9.43. The number of para-hydroxylation sites is 1. The summed E-state index contributed by atoms with van der Waals surface area (Å²) in [7, 11) is 1.64. The molecule has 0 aliphatic heterocycles. The van der Waals surface area contributed by atoms with Crippen molar-refractivity contribution in [3.8, 4) is 6.07 Å². The number of hydrogen-bond acceptors (Lipinski definition) is 3. The molecule has 0 saturated heterocycles. The van der Waals surface area contributed by atoms with Crippen molar-refractivity contribution in [2.24, 2.45) is 0 Å². The first-order valence-corrected chi connectivity index (χ1v) is 5.04. The zero-order chi connectivity index (χ0) is 12.0. The highest BCUT2D eigenvalue weighted by Crippen LogP contribution is 2.17. The molecule has 4 heteroatoms. The van der Waals surface area contributed by atoms with Gasteiger partial charge in [0.2, 0.25) is 0 Å². The molecule has 0 atom stereocenters. The first-order chi connectivity index (χ1) is 7.70. The number of anilines is 1. The molecule has 0 aliphatic carbocycles. The molecule has 1 aromatic rings. The summed E-state index contributed by atoms with van der Waals surface area (Å²) in [6.07, 6.45) is 0. The summed E-state index contributed by atoms with van der Waals surface area (Å²) < 4.78 is 5.04. The van der Waals surface area contributed by atoms with Crippen molar-refractivity contribution < 1.29 is 9.53 Å². The van der Waals surface area contributed by atoms with Crippen LogP contribution in [-0.2, 0) is 9.53 Å². The summed E-state index contributed by atoms with van der Waals surface area (Å²) in [4.78, 5) is 13.1. The van der Waals surface area contributed by atoms with Gasteiger partial charge < -0.3 is 9.64 Å². The number of hydrogen-bond donors (Lipinski definition) is 0. The molecule has 4 nitrogen and oxygen atoms in total. The van der Waals surface area contributed by atoms with E-state index < -0.39 is 0 Å². The molecule has 0 spiro atoms. The molecule has 16 heavy (non-hydrogen) atoms. The van der Waals surface area contributed by atoms with E-state index in [0.717, 1.165) is 0 Å². The summed E-state index contributed by atoms with van der Waals surface area (Å²) in [6.45, 7) is 2.36. The molecular formula is C12H14N2O2. The molecule has 0 fully saturated rings. The van der Waals surface area contributed by atoms with Gasteiger partial charge in [0, 0.05) is 13.7 Å². The Hall–Kier alpha value is -1.86. The smallest absolute Gasteiger partial charge is 0.252 e. The van der Waals surface area contributed by atoms with Crippen molar-refractivity contribution in [3.05, 3.63) is 29.8 Å². The first kappa shape index (κ1) is 12.2. The van der Waals surface area contributed by atoms with E-state index in [1.54, 1.807) is 31.3 Å². The average Bonchev–Trinajstić information content (AvgIpc) is 2.34. The van der Waals surface area contributed by atoms with Gasteiger partial charge in [-0.3, -0.25) is 4.79 Å². The number of carbonyl (C=O) groups is 1. The van der Waals surface area contributed by atoms with Crippen LogP contribution in [0.15, 0.2) is 24.3 Å². The van der Waals surface area contributed by atoms with E-state index >= 15 is 0 Å². The predicted molar refractivity (Wildman–Crippen MR) is 61.1 cm³/mol. The van der Waals surface area contributed by atoms with Gasteiger partial charge in [0.05, 0.1) is 11.3 Å². The van der Waals surface area contributed by atoms with E-state index in [-0.39, 0.29) is 12.5 Å². The lowest BCUT2D eigenvalue weighted by atomic mass is 10.2. The lowest BCUT2D eigenvalue weighted by Crippen LogP contribution is -2.30. The normalized spacial score (nSPS) is 9.56. The van der Waals surface area contributed by atoms with Gasteiger partial charge in [-0.1, -0.05) is 12.1 Å². The molecule has 1 amide bonds. The summed E-state index contributed by atoms with van der Waals surface area (Å²) in [6, 6.07) is 9.03. The van der Waals surface area contributed by atoms with Gasteiger partial charge in [-0.15, -0.1) is 0 Å². The SMILES string of the molecule is CCOCC(=O)N(C)c1ccccc1C#N. The Morgan fingerprint density at radius 1 is 1.50 bits per heavy atom. The topological polar surface area (TPSA) is 53.3 Å².